The second kappa shape index (κ2) is 7.54. The topological polar surface area (TPSA) is 74.1 Å². The number of hydrogen-bond donors (Lipinski definition) is 1. The van der Waals surface area contributed by atoms with Gasteiger partial charge in [-0.2, -0.15) is 5.26 Å². The minimum atomic E-state index is 0.267. The van der Waals surface area contributed by atoms with Crippen LogP contribution in [-0.2, 0) is 11.3 Å². The summed E-state index contributed by atoms with van der Waals surface area (Å²) in [6.45, 7) is 5.18. The summed E-state index contributed by atoms with van der Waals surface area (Å²) in [4.78, 5) is 10.9. The molecule has 6 nitrogen and oxygen atoms in total. The second-order valence-corrected chi connectivity index (χ2v) is 4.41. The van der Waals surface area contributed by atoms with Gasteiger partial charge in [0.2, 0.25) is 0 Å². The SMILES string of the molecule is CNc1cc(N(CCC#N)C(C)C)nc(COC)n1. The number of nitrogens with one attached hydrogen (secondary N) is 1. The summed E-state index contributed by atoms with van der Waals surface area (Å²) in [5.74, 6) is 2.20. The fourth-order valence-corrected chi connectivity index (χ4v) is 1.76. The van der Waals surface area contributed by atoms with Gasteiger partial charge < -0.3 is 15.0 Å². The molecule has 104 valence electrons. The molecule has 6 heteroatoms. The Morgan fingerprint density at radius 1 is 1.47 bits per heavy atom. The van der Waals surface area contributed by atoms with Gasteiger partial charge in [-0.25, -0.2) is 9.97 Å². The Morgan fingerprint density at radius 2 is 2.21 bits per heavy atom. The lowest BCUT2D eigenvalue weighted by Crippen LogP contribution is -2.32. The second-order valence-electron chi connectivity index (χ2n) is 4.41. The van der Waals surface area contributed by atoms with Gasteiger partial charge in [0, 0.05) is 32.8 Å². The van der Waals surface area contributed by atoms with E-state index in [1.165, 1.54) is 0 Å². The molecule has 0 atom stereocenters. The number of rotatable bonds is 7. The van der Waals surface area contributed by atoms with E-state index in [1.807, 2.05) is 13.1 Å². The van der Waals surface area contributed by atoms with Crippen LogP contribution < -0.4 is 10.2 Å². The summed E-state index contributed by atoms with van der Waals surface area (Å²) in [6.07, 6.45) is 0.469. The zero-order valence-electron chi connectivity index (χ0n) is 12.0. The molecule has 0 saturated carbocycles. The van der Waals surface area contributed by atoms with Crippen molar-refractivity contribution in [2.75, 3.05) is 30.9 Å². The van der Waals surface area contributed by atoms with Gasteiger partial charge in [-0.15, -0.1) is 0 Å². The monoisotopic (exact) mass is 263 g/mol. The molecular formula is C13H21N5O. The quantitative estimate of drug-likeness (QED) is 0.808. The first-order chi connectivity index (χ1) is 9.12. The Balaban J connectivity index is 3.06. The van der Waals surface area contributed by atoms with E-state index < -0.39 is 0 Å². The molecule has 0 spiro atoms. The van der Waals surface area contributed by atoms with Gasteiger partial charge in [0.25, 0.3) is 0 Å². The van der Waals surface area contributed by atoms with Crippen molar-refractivity contribution in [3.05, 3.63) is 11.9 Å². The lowest BCUT2D eigenvalue weighted by Gasteiger charge is -2.27. The molecule has 0 unspecified atom stereocenters. The predicted octanol–water partition coefficient (Wildman–Crippen LogP) is 1.79. The van der Waals surface area contributed by atoms with Crippen LogP contribution in [0.25, 0.3) is 0 Å². The standard InChI is InChI=1S/C13H21N5O/c1-10(2)18(7-5-6-14)13-8-11(15-3)16-12(17-13)9-19-4/h8,10H,5,7,9H2,1-4H3,(H,15,16,17). The number of ether oxygens (including phenoxy) is 1. The fourth-order valence-electron chi connectivity index (χ4n) is 1.76. The average molecular weight is 263 g/mol. The molecule has 0 aliphatic heterocycles. The third kappa shape index (κ3) is 4.38. The highest BCUT2D eigenvalue weighted by atomic mass is 16.5. The van der Waals surface area contributed by atoms with Crippen molar-refractivity contribution in [3.8, 4) is 6.07 Å². The third-order valence-corrected chi connectivity index (χ3v) is 2.67. The van der Waals surface area contributed by atoms with Gasteiger partial charge in [0.1, 0.15) is 18.2 Å². The van der Waals surface area contributed by atoms with Crippen LogP contribution in [0.5, 0.6) is 0 Å². The Morgan fingerprint density at radius 3 is 2.74 bits per heavy atom. The molecule has 0 radical (unpaired) electrons. The van der Waals surface area contributed by atoms with Gasteiger partial charge in [-0.3, -0.25) is 0 Å². The third-order valence-electron chi connectivity index (χ3n) is 2.67. The van der Waals surface area contributed by atoms with Crippen LogP contribution in [-0.4, -0.2) is 36.7 Å². The van der Waals surface area contributed by atoms with E-state index in [2.05, 4.69) is 40.1 Å². The zero-order chi connectivity index (χ0) is 14.3. The van der Waals surface area contributed by atoms with E-state index in [4.69, 9.17) is 10.00 Å². The van der Waals surface area contributed by atoms with Gasteiger partial charge in [-0.05, 0) is 13.8 Å². The molecule has 0 aliphatic carbocycles. The van der Waals surface area contributed by atoms with Crippen LogP contribution in [0.2, 0.25) is 0 Å². The van der Waals surface area contributed by atoms with Crippen LogP contribution in [0.4, 0.5) is 11.6 Å². The van der Waals surface area contributed by atoms with Crippen molar-refractivity contribution in [2.24, 2.45) is 0 Å². The van der Waals surface area contributed by atoms with Crippen LogP contribution >= 0.6 is 0 Å². The fraction of sp³-hybridized carbons (Fsp3) is 0.615. The summed E-state index contributed by atoms with van der Waals surface area (Å²) >= 11 is 0. The molecule has 1 heterocycles. The highest BCUT2D eigenvalue weighted by molar-refractivity contribution is 5.49. The van der Waals surface area contributed by atoms with Crippen LogP contribution in [0.3, 0.4) is 0 Å². The molecule has 0 amide bonds. The van der Waals surface area contributed by atoms with E-state index in [-0.39, 0.29) is 6.04 Å². The molecule has 1 N–H and O–H groups in total. The van der Waals surface area contributed by atoms with Crippen LogP contribution in [0.1, 0.15) is 26.1 Å². The van der Waals surface area contributed by atoms with Gasteiger partial charge >= 0.3 is 0 Å². The number of hydrogen-bond acceptors (Lipinski definition) is 6. The summed E-state index contributed by atoms with van der Waals surface area (Å²) in [7, 11) is 3.43. The van der Waals surface area contributed by atoms with Crippen molar-refractivity contribution in [1.82, 2.24) is 9.97 Å². The summed E-state index contributed by atoms with van der Waals surface area (Å²) in [6, 6.07) is 4.32. The Labute approximate surface area is 114 Å². The number of nitriles is 1. The first-order valence-electron chi connectivity index (χ1n) is 6.30. The Bertz CT molecular complexity index is 441. The maximum atomic E-state index is 8.74. The molecule has 1 aromatic heterocycles. The number of nitrogens with zero attached hydrogens (tertiary/aromatic N) is 4. The lowest BCUT2D eigenvalue weighted by molar-refractivity contribution is 0.178. The number of anilines is 2. The number of methoxy groups -OCH3 is 1. The van der Waals surface area contributed by atoms with Crippen molar-refractivity contribution < 1.29 is 4.74 Å². The average Bonchev–Trinajstić information content (AvgIpc) is 2.39. The molecular weight excluding hydrogens is 242 g/mol. The van der Waals surface area contributed by atoms with Crippen molar-refractivity contribution in [1.29, 1.82) is 5.26 Å². The van der Waals surface area contributed by atoms with Gasteiger partial charge in [-0.1, -0.05) is 0 Å². The molecule has 0 aromatic carbocycles. The van der Waals surface area contributed by atoms with Crippen molar-refractivity contribution in [3.63, 3.8) is 0 Å². The number of aromatic nitrogens is 2. The molecule has 0 fully saturated rings. The van der Waals surface area contributed by atoms with E-state index >= 15 is 0 Å². The van der Waals surface area contributed by atoms with Gasteiger partial charge in [0.15, 0.2) is 5.82 Å². The Kier molecular flexibility index (Phi) is 6.03. The maximum Gasteiger partial charge on any atom is 0.158 e. The van der Waals surface area contributed by atoms with E-state index in [0.29, 0.717) is 25.4 Å². The smallest absolute Gasteiger partial charge is 0.158 e. The molecule has 19 heavy (non-hydrogen) atoms. The highest BCUT2D eigenvalue weighted by Gasteiger charge is 2.14. The first kappa shape index (κ1) is 15.2. The van der Waals surface area contributed by atoms with E-state index in [0.717, 1.165) is 11.6 Å². The summed E-state index contributed by atoms with van der Waals surface area (Å²) < 4.78 is 5.08. The molecule has 1 aromatic rings. The lowest BCUT2D eigenvalue weighted by atomic mass is 10.3. The van der Waals surface area contributed by atoms with Crippen LogP contribution in [0, 0.1) is 11.3 Å². The highest BCUT2D eigenvalue weighted by Crippen LogP contribution is 2.18. The zero-order valence-corrected chi connectivity index (χ0v) is 12.0. The summed E-state index contributed by atoms with van der Waals surface area (Å²) in [5.41, 5.74) is 0. The molecule has 0 aliphatic rings. The molecule has 1 rings (SSSR count). The van der Waals surface area contributed by atoms with Crippen molar-refractivity contribution >= 4 is 11.6 Å². The maximum absolute atomic E-state index is 8.74. The van der Waals surface area contributed by atoms with E-state index in [1.54, 1.807) is 7.11 Å². The molecule has 0 saturated heterocycles. The Hall–Kier alpha value is -1.87. The predicted molar refractivity (Wildman–Crippen MR) is 75.0 cm³/mol. The summed E-state index contributed by atoms with van der Waals surface area (Å²) in [5, 5.41) is 11.8. The van der Waals surface area contributed by atoms with Gasteiger partial charge in [0.05, 0.1) is 12.5 Å². The minimum Gasteiger partial charge on any atom is -0.377 e. The first-order valence-corrected chi connectivity index (χ1v) is 6.30. The minimum absolute atomic E-state index is 0.267. The molecule has 0 bridgehead atoms. The largest absolute Gasteiger partial charge is 0.377 e. The van der Waals surface area contributed by atoms with Crippen LogP contribution in [0.15, 0.2) is 6.07 Å². The van der Waals surface area contributed by atoms with Crippen molar-refractivity contribution in [2.45, 2.75) is 32.9 Å². The normalized spacial score (nSPS) is 10.3. The van der Waals surface area contributed by atoms with E-state index in [9.17, 15) is 0 Å².